The standard InChI is InChI=1S/C20H23Cl2N3.ClH/c1-15(14-25(2)3)20(24-23-17-7-5-4-6-8-17)12-10-16-9-11-18(21)19(22)13-16;/h4-13,15,23H,14H2,1-3H3;1H/b12-10?,24-20-;. The SMILES string of the molecule is CC(CN(C)C)/C(C=Cc1ccc(Cl)c(Cl)c1)=N\Nc1ccccc1.Cl. The molecule has 140 valence electrons. The Morgan fingerprint density at radius 2 is 1.81 bits per heavy atom. The molecule has 0 spiro atoms. The second-order valence-electron chi connectivity index (χ2n) is 6.18. The number of nitrogens with zero attached hydrogens (tertiary/aromatic N) is 2. The van der Waals surface area contributed by atoms with Gasteiger partial charge in [0.2, 0.25) is 0 Å². The summed E-state index contributed by atoms with van der Waals surface area (Å²) >= 11 is 12.1. The quantitative estimate of drug-likeness (QED) is 0.440. The van der Waals surface area contributed by atoms with Gasteiger partial charge in [-0.3, -0.25) is 5.43 Å². The second-order valence-corrected chi connectivity index (χ2v) is 7.00. The number of anilines is 1. The highest BCUT2D eigenvalue weighted by Gasteiger charge is 2.10. The van der Waals surface area contributed by atoms with Crippen molar-refractivity contribution in [1.29, 1.82) is 0 Å². The van der Waals surface area contributed by atoms with Gasteiger partial charge in [-0.1, -0.05) is 60.5 Å². The van der Waals surface area contributed by atoms with E-state index in [0.717, 1.165) is 23.5 Å². The molecule has 0 aliphatic heterocycles. The molecule has 0 saturated heterocycles. The summed E-state index contributed by atoms with van der Waals surface area (Å²) < 4.78 is 0. The van der Waals surface area contributed by atoms with Crippen molar-refractivity contribution in [3.8, 4) is 0 Å². The van der Waals surface area contributed by atoms with Crippen LogP contribution in [0.4, 0.5) is 5.69 Å². The number of hydrogen-bond donors (Lipinski definition) is 1. The van der Waals surface area contributed by atoms with Crippen molar-refractivity contribution in [1.82, 2.24) is 4.90 Å². The molecule has 0 bridgehead atoms. The number of benzene rings is 2. The smallest absolute Gasteiger partial charge is 0.0648 e. The Morgan fingerprint density at radius 3 is 2.42 bits per heavy atom. The highest BCUT2D eigenvalue weighted by molar-refractivity contribution is 6.42. The fourth-order valence-corrected chi connectivity index (χ4v) is 2.70. The minimum Gasteiger partial charge on any atom is -0.309 e. The summed E-state index contributed by atoms with van der Waals surface area (Å²) in [6.45, 7) is 3.06. The molecule has 0 radical (unpaired) electrons. The largest absolute Gasteiger partial charge is 0.309 e. The number of halogens is 3. The molecule has 0 heterocycles. The van der Waals surface area contributed by atoms with E-state index in [-0.39, 0.29) is 18.3 Å². The highest BCUT2D eigenvalue weighted by atomic mass is 35.5. The first-order chi connectivity index (χ1) is 12.0. The third-order valence-corrected chi connectivity index (χ3v) is 4.36. The third-order valence-electron chi connectivity index (χ3n) is 3.62. The lowest BCUT2D eigenvalue weighted by atomic mass is 10.0. The van der Waals surface area contributed by atoms with Crippen LogP contribution < -0.4 is 5.43 Å². The van der Waals surface area contributed by atoms with Gasteiger partial charge in [0, 0.05) is 12.5 Å². The number of hydrogen-bond acceptors (Lipinski definition) is 3. The molecular formula is C20H24Cl3N3. The lowest BCUT2D eigenvalue weighted by Gasteiger charge is -2.17. The molecule has 1 atom stereocenters. The molecule has 0 saturated carbocycles. The molecule has 26 heavy (non-hydrogen) atoms. The summed E-state index contributed by atoms with van der Waals surface area (Å²) in [5, 5.41) is 5.70. The minimum absolute atomic E-state index is 0. The zero-order valence-electron chi connectivity index (χ0n) is 15.1. The Hall–Kier alpha value is -1.52. The first-order valence-corrected chi connectivity index (χ1v) is 8.88. The molecule has 0 aliphatic carbocycles. The van der Waals surface area contributed by atoms with Gasteiger partial charge in [-0.2, -0.15) is 5.10 Å². The Labute approximate surface area is 172 Å². The molecule has 2 aromatic rings. The number of para-hydroxylation sites is 1. The highest BCUT2D eigenvalue weighted by Crippen LogP contribution is 2.23. The van der Waals surface area contributed by atoms with Crippen LogP contribution in [0.15, 0.2) is 59.7 Å². The van der Waals surface area contributed by atoms with Crippen LogP contribution >= 0.6 is 35.6 Å². The minimum atomic E-state index is 0. The van der Waals surface area contributed by atoms with Gasteiger partial charge in [-0.15, -0.1) is 12.4 Å². The van der Waals surface area contributed by atoms with Crippen molar-refractivity contribution in [2.45, 2.75) is 6.92 Å². The van der Waals surface area contributed by atoms with E-state index in [1.54, 1.807) is 6.07 Å². The van der Waals surface area contributed by atoms with Crippen molar-refractivity contribution >= 4 is 53.1 Å². The molecular weight excluding hydrogens is 389 g/mol. The summed E-state index contributed by atoms with van der Waals surface area (Å²) in [6, 6.07) is 15.5. The van der Waals surface area contributed by atoms with Crippen LogP contribution in [0.3, 0.4) is 0 Å². The molecule has 0 amide bonds. The lowest BCUT2D eigenvalue weighted by Crippen LogP contribution is -2.25. The van der Waals surface area contributed by atoms with Crippen LogP contribution in [-0.4, -0.2) is 31.3 Å². The van der Waals surface area contributed by atoms with E-state index in [0.29, 0.717) is 10.0 Å². The van der Waals surface area contributed by atoms with Gasteiger partial charge in [0.15, 0.2) is 0 Å². The summed E-state index contributed by atoms with van der Waals surface area (Å²) in [4.78, 5) is 2.15. The van der Waals surface area contributed by atoms with Crippen LogP contribution in [0.5, 0.6) is 0 Å². The third kappa shape index (κ3) is 7.38. The molecule has 3 nitrogen and oxygen atoms in total. The van der Waals surface area contributed by atoms with Crippen LogP contribution in [0.25, 0.3) is 6.08 Å². The fraction of sp³-hybridized carbons (Fsp3) is 0.250. The van der Waals surface area contributed by atoms with E-state index >= 15 is 0 Å². The first-order valence-electron chi connectivity index (χ1n) is 8.12. The average molecular weight is 413 g/mol. The van der Waals surface area contributed by atoms with Crippen molar-refractivity contribution in [2.24, 2.45) is 11.0 Å². The Bertz CT molecular complexity index is 743. The van der Waals surface area contributed by atoms with Gasteiger partial charge in [0.25, 0.3) is 0 Å². The van der Waals surface area contributed by atoms with E-state index < -0.39 is 0 Å². The summed E-state index contributed by atoms with van der Waals surface area (Å²) in [5.41, 5.74) is 6.03. The van der Waals surface area contributed by atoms with E-state index in [1.165, 1.54) is 0 Å². The van der Waals surface area contributed by atoms with Crippen molar-refractivity contribution in [2.75, 3.05) is 26.1 Å². The predicted molar refractivity (Wildman–Crippen MR) is 118 cm³/mol. The molecule has 1 unspecified atom stereocenters. The maximum atomic E-state index is 6.09. The van der Waals surface area contributed by atoms with Crippen LogP contribution in [0.1, 0.15) is 12.5 Å². The maximum absolute atomic E-state index is 6.09. The second kappa shape index (κ2) is 11.2. The van der Waals surface area contributed by atoms with E-state index in [2.05, 4.69) is 36.4 Å². The monoisotopic (exact) mass is 411 g/mol. The topological polar surface area (TPSA) is 27.6 Å². The lowest BCUT2D eigenvalue weighted by molar-refractivity contribution is 0.381. The van der Waals surface area contributed by atoms with Gasteiger partial charge >= 0.3 is 0 Å². The predicted octanol–water partition coefficient (Wildman–Crippen LogP) is 6.09. The molecule has 1 N–H and O–H groups in total. The number of allylic oxidation sites excluding steroid dienone is 1. The fourth-order valence-electron chi connectivity index (χ4n) is 2.39. The van der Waals surface area contributed by atoms with Crippen LogP contribution in [-0.2, 0) is 0 Å². The zero-order chi connectivity index (χ0) is 18.2. The van der Waals surface area contributed by atoms with E-state index in [4.69, 9.17) is 23.2 Å². The van der Waals surface area contributed by atoms with Gasteiger partial charge in [0.05, 0.1) is 21.4 Å². The van der Waals surface area contributed by atoms with Crippen LogP contribution in [0, 0.1) is 5.92 Å². The molecule has 0 aromatic heterocycles. The molecule has 2 aromatic carbocycles. The first kappa shape index (κ1) is 22.5. The number of hydrazone groups is 1. The molecule has 2 rings (SSSR count). The average Bonchev–Trinajstić information content (AvgIpc) is 2.58. The normalized spacial score (nSPS) is 12.9. The van der Waals surface area contributed by atoms with Crippen molar-refractivity contribution in [3.63, 3.8) is 0 Å². The van der Waals surface area contributed by atoms with E-state index in [1.807, 2.05) is 54.6 Å². The van der Waals surface area contributed by atoms with Crippen molar-refractivity contribution in [3.05, 3.63) is 70.2 Å². The van der Waals surface area contributed by atoms with Gasteiger partial charge in [-0.25, -0.2) is 0 Å². The summed E-state index contributed by atoms with van der Waals surface area (Å²) in [7, 11) is 4.11. The molecule has 0 fully saturated rings. The summed E-state index contributed by atoms with van der Waals surface area (Å²) in [5.74, 6) is 0.269. The van der Waals surface area contributed by atoms with E-state index in [9.17, 15) is 0 Å². The van der Waals surface area contributed by atoms with Crippen molar-refractivity contribution < 1.29 is 0 Å². The Kier molecular flexibility index (Phi) is 9.74. The zero-order valence-corrected chi connectivity index (χ0v) is 17.4. The van der Waals surface area contributed by atoms with Gasteiger partial charge < -0.3 is 4.90 Å². The maximum Gasteiger partial charge on any atom is 0.0648 e. The number of nitrogens with one attached hydrogen (secondary N) is 1. The summed E-state index contributed by atoms with van der Waals surface area (Å²) in [6.07, 6.45) is 4.02. The Morgan fingerprint density at radius 1 is 1.12 bits per heavy atom. The Balaban J connectivity index is 0.00000338. The van der Waals surface area contributed by atoms with Gasteiger partial charge in [-0.05, 0) is 50.0 Å². The van der Waals surface area contributed by atoms with Gasteiger partial charge in [0.1, 0.15) is 0 Å². The number of rotatable bonds is 7. The van der Waals surface area contributed by atoms with Crippen LogP contribution in [0.2, 0.25) is 10.0 Å². The molecule has 0 aliphatic rings. The molecule has 6 heteroatoms.